The van der Waals surface area contributed by atoms with Crippen LogP contribution in [0.4, 0.5) is 17.6 Å². The van der Waals surface area contributed by atoms with Crippen LogP contribution in [0.25, 0.3) is 16.9 Å². The Kier molecular flexibility index (Phi) is 5.16. The molecule has 5 rings (SSSR count). The van der Waals surface area contributed by atoms with Gasteiger partial charge in [-0.1, -0.05) is 18.2 Å². The van der Waals surface area contributed by atoms with Crippen LogP contribution in [-0.2, 0) is 6.42 Å². The summed E-state index contributed by atoms with van der Waals surface area (Å²) in [5.74, 6) is 2.02. The van der Waals surface area contributed by atoms with Gasteiger partial charge in [-0.05, 0) is 47.7 Å². The standard InChI is InChI=1S/C22H19N7OS/c30-17-6-4-15(5-7-17)8-11-24-20-19-21(29(14-25-19)16-9-12-31-13-16)28-22(27-20)26-18-3-1-2-10-23-18/h1-7,9-10,12-14,30H,8,11H2,(H2,23,24,26,27,28). The summed E-state index contributed by atoms with van der Waals surface area (Å²) in [6.45, 7) is 0.658. The van der Waals surface area contributed by atoms with Crippen LogP contribution in [0.15, 0.2) is 71.8 Å². The first-order valence-corrected chi connectivity index (χ1v) is 10.7. The van der Waals surface area contributed by atoms with Crippen LogP contribution in [0.1, 0.15) is 5.56 Å². The fourth-order valence-corrected chi connectivity index (χ4v) is 3.83. The number of anilines is 3. The van der Waals surface area contributed by atoms with Crippen LogP contribution in [-0.4, -0.2) is 36.2 Å². The zero-order chi connectivity index (χ0) is 21.0. The van der Waals surface area contributed by atoms with Crippen LogP contribution >= 0.6 is 11.3 Å². The first kappa shape index (κ1) is 19.0. The highest BCUT2D eigenvalue weighted by atomic mass is 32.1. The number of aromatic nitrogens is 5. The van der Waals surface area contributed by atoms with E-state index in [2.05, 4.69) is 25.6 Å². The molecule has 1 aromatic carbocycles. The molecule has 0 aliphatic carbocycles. The molecule has 154 valence electrons. The highest BCUT2D eigenvalue weighted by molar-refractivity contribution is 7.08. The maximum Gasteiger partial charge on any atom is 0.232 e. The fraction of sp³-hybridized carbons (Fsp3) is 0.0909. The Bertz CT molecular complexity index is 1290. The van der Waals surface area contributed by atoms with Crippen molar-refractivity contribution in [3.05, 3.63) is 77.4 Å². The van der Waals surface area contributed by atoms with Crippen molar-refractivity contribution < 1.29 is 5.11 Å². The molecule has 4 heterocycles. The molecule has 0 radical (unpaired) electrons. The molecule has 0 spiro atoms. The van der Waals surface area contributed by atoms with Crippen molar-refractivity contribution in [1.29, 1.82) is 0 Å². The number of pyridine rings is 1. The molecule has 0 bridgehead atoms. The summed E-state index contributed by atoms with van der Waals surface area (Å²) in [5.41, 5.74) is 3.53. The molecule has 31 heavy (non-hydrogen) atoms. The lowest BCUT2D eigenvalue weighted by Crippen LogP contribution is -2.09. The molecule has 0 amide bonds. The Morgan fingerprint density at radius 2 is 1.90 bits per heavy atom. The molecule has 0 saturated heterocycles. The highest BCUT2D eigenvalue weighted by Gasteiger charge is 2.15. The third-order valence-electron chi connectivity index (χ3n) is 4.73. The normalized spacial score (nSPS) is 11.0. The zero-order valence-corrected chi connectivity index (χ0v) is 17.3. The van der Waals surface area contributed by atoms with Gasteiger partial charge in [-0.25, -0.2) is 9.97 Å². The third kappa shape index (κ3) is 4.17. The van der Waals surface area contributed by atoms with E-state index in [0.29, 0.717) is 35.3 Å². The minimum atomic E-state index is 0.262. The topological polar surface area (TPSA) is 101 Å². The lowest BCUT2D eigenvalue weighted by atomic mass is 10.1. The van der Waals surface area contributed by atoms with Crippen LogP contribution < -0.4 is 10.6 Å². The van der Waals surface area contributed by atoms with E-state index >= 15 is 0 Å². The Balaban J connectivity index is 1.47. The Hall–Kier alpha value is -3.98. The highest BCUT2D eigenvalue weighted by Crippen LogP contribution is 2.25. The Morgan fingerprint density at radius 3 is 2.68 bits per heavy atom. The van der Waals surface area contributed by atoms with E-state index in [1.165, 1.54) is 0 Å². The van der Waals surface area contributed by atoms with Gasteiger partial charge in [0.15, 0.2) is 17.0 Å². The summed E-state index contributed by atoms with van der Waals surface area (Å²) in [6, 6.07) is 14.8. The van der Waals surface area contributed by atoms with Gasteiger partial charge in [0.25, 0.3) is 0 Å². The van der Waals surface area contributed by atoms with Gasteiger partial charge in [0.1, 0.15) is 17.9 Å². The van der Waals surface area contributed by atoms with Gasteiger partial charge in [0, 0.05) is 18.1 Å². The van der Waals surface area contributed by atoms with Crippen LogP contribution in [0.3, 0.4) is 0 Å². The molecular formula is C22H19N7OS. The van der Waals surface area contributed by atoms with Crippen LogP contribution in [0.5, 0.6) is 5.75 Å². The maximum absolute atomic E-state index is 9.46. The second-order valence-corrected chi connectivity index (χ2v) is 7.63. The molecular weight excluding hydrogens is 410 g/mol. The first-order valence-electron chi connectivity index (χ1n) is 9.74. The number of nitrogens with zero attached hydrogens (tertiary/aromatic N) is 5. The molecule has 0 saturated carbocycles. The third-order valence-corrected chi connectivity index (χ3v) is 5.40. The largest absolute Gasteiger partial charge is 0.508 e. The smallest absolute Gasteiger partial charge is 0.232 e. The monoisotopic (exact) mass is 429 g/mol. The average Bonchev–Trinajstić information content (AvgIpc) is 3.46. The molecule has 0 fully saturated rings. The number of phenolic OH excluding ortho intramolecular Hbond substituents is 1. The summed E-state index contributed by atoms with van der Waals surface area (Å²) >= 11 is 1.62. The van der Waals surface area contributed by atoms with Crippen molar-refractivity contribution in [2.45, 2.75) is 6.42 Å². The minimum Gasteiger partial charge on any atom is -0.508 e. The number of benzene rings is 1. The number of rotatable bonds is 7. The Labute approximate surface area is 182 Å². The first-order chi connectivity index (χ1) is 15.3. The number of hydrogen-bond donors (Lipinski definition) is 3. The second-order valence-electron chi connectivity index (χ2n) is 6.85. The van der Waals surface area contributed by atoms with Gasteiger partial charge in [0.2, 0.25) is 5.95 Å². The molecule has 3 N–H and O–H groups in total. The molecule has 9 heteroatoms. The van der Waals surface area contributed by atoms with Crippen LogP contribution in [0, 0.1) is 0 Å². The fourth-order valence-electron chi connectivity index (χ4n) is 3.20. The van der Waals surface area contributed by atoms with Crippen molar-refractivity contribution in [3.63, 3.8) is 0 Å². The zero-order valence-electron chi connectivity index (χ0n) is 16.4. The summed E-state index contributed by atoms with van der Waals surface area (Å²) < 4.78 is 1.95. The van der Waals surface area contributed by atoms with Crippen molar-refractivity contribution in [2.24, 2.45) is 0 Å². The lowest BCUT2D eigenvalue weighted by Gasteiger charge is -2.10. The van der Waals surface area contributed by atoms with Crippen molar-refractivity contribution in [1.82, 2.24) is 24.5 Å². The minimum absolute atomic E-state index is 0.262. The molecule has 0 aliphatic rings. The number of hydrogen-bond acceptors (Lipinski definition) is 8. The van der Waals surface area contributed by atoms with Gasteiger partial charge in [-0.15, -0.1) is 0 Å². The van der Waals surface area contributed by atoms with E-state index in [1.807, 2.05) is 51.7 Å². The molecule has 0 aliphatic heterocycles. The van der Waals surface area contributed by atoms with Gasteiger partial charge in [-0.2, -0.15) is 21.3 Å². The number of phenols is 1. The van der Waals surface area contributed by atoms with Crippen LogP contribution in [0.2, 0.25) is 0 Å². The molecule has 4 aromatic heterocycles. The summed E-state index contributed by atoms with van der Waals surface area (Å²) in [6.07, 6.45) is 4.25. The molecule has 5 aromatic rings. The van der Waals surface area contributed by atoms with E-state index in [1.54, 1.807) is 36.0 Å². The predicted molar refractivity (Wildman–Crippen MR) is 122 cm³/mol. The quantitative estimate of drug-likeness (QED) is 0.353. The molecule has 8 nitrogen and oxygen atoms in total. The van der Waals surface area contributed by atoms with E-state index < -0.39 is 0 Å². The SMILES string of the molecule is Oc1ccc(CCNc2nc(Nc3ccccn3)nc3c2ncn3-c2ccsc2)cc1. The van der Waals surface area contributed by atoms with Gasteiger partial charge in [-0.3, -0.25) is 4.57 Å². The Morgan fingerprint density at radius 1 is 1.00 bits per heavy atom. The summed E-state index contributed by atoms with van der Waals surface area (Å²) in [7, 11) is 0. The number of thiophene rings is 1. The summed E-state index contributed by atoms with van der Waals surface area (Å²) in [5, 5.41) is 20.1. The van der Waals surface area contributed by atoms with E-state index in [-0.39, 0.29) is 5.75 Å². The number of fused-ring (bicyclic) bond motifs is 1. The molecule has 0 unspecified atom stereocenters. The van der Waals surface area contributed by atoms with Crippen molar-refractivity contribution >= 4 is 40.1 Å². The predicted octanol–water partition coefficient (Wildman–Crippen LogP) is 4.38. The van der Waals surface area contributed by atoms with Crippen molar-refractivity contribution in [3.8, 4) is 11.4 Å². The second kappa shape index (κ2) is 8.41. The number of nitrogens with one attached hydrogen (secondary N) is 2. The van der Waals surface area contributed by atoms with Crippen molar-refractivity contribution in [2.75, 3.05) is 17.2 Å². The van der Waals surface area contributed by atoms with E-state index in [0.717, 1.165) is 17.7 Å². The number of imidazole rings is 1. The lowest BCUT2D eigenvalue weighted by molar-refractivity contribution is 0.475. The number of aromatic hydroxyl groups is 1. The van der Waals surface area contributed by atoms with Gasteiger partial charge in [0.05, 0.1) is 5.69 Å². The summed E-state index contributed by atoms with van der Waals surface area (Å²) in [4.78, 5) is 18.2. The van der Waals surface area contributed by atoms with Gasteiger partial charge < -0.3 is 15.7 Å². The van der Waals surface area contributed by atoms with E-state index in [4.69, 9.17) is 4.98 Å². The average molecular weight is 430 g/mol. The van der Waals surface area contributed by atoms with Gasteiger partial charge >= 0.3 is 0 Å². The maximum atomic E-state index is 9.46. The molecule has 0 atom stereocenters. The van der Waals surface area contributed by atoms with E-state index in [9.17, 15) is 5.11 Å².